The third-order valence-corrected chi connectivity index (χ3v) is 4.77. The van der Waals surface area contributed by atoms with Crippen LogP contribution in [0, 0.1) is 5.41 Å². The number of likely N-dealkylation sites (N-methyl/N-ethyl adjacent to an activating group) is 1. The van der Waals surface area contributed by atoms with E-state index in [0.29, 0.717) is 17.2 Å². The van der Waals surface area contributed by atoms with Crippen LogP contribution in [0.2, 0.25) is 0 Å². The van der Waals surface area contributed by atoms with Gasteiger partial charge in [-0.3, -0.25) is 4.79 Å². The van der Waals surface area contributed by atoms with Gasteiger partial charge in [0.2, 0.25) is 5.91 Å². The zero-order valence-electron chi connectivity index (χ0n) is 13.9. The molecule has 0 unspecified atom stereocenters. The average Bonchev–Trinajstić information content (AvgIpc) is 2.74. The molecule has 22 heavy (non-hydrogen) atoms. The summed E-state index contributed by atoms with van der Waals surface area (Å²) in [4.78, 5) is 28.0. The van der Waals surface area contributed by atoms with Gasteiger partial charge in [0.25, 0.3) is 0 Å². The number of amides is 1. The van der Waals surface area contributed by atoms with Crippen LogP contribution in [0.15, 0.2) is 0 Å². The minimum atomic E-state index is -0.507. The van der Waals surface area contributed by atoms with Crippen molar-refractivity contribution < 1.29 is 14.3 Å². The van der Waals surface area contributed by atoms with E-state index in [1.165, 1.54) is 11.3 Å². The quantitative estimate of drug-likeness (QED) is 0.869. The van der Waals surface area contributed by atoms with E-state index in [1.54, 1.807) is 6.92 Å². The molecular weight excluding hydrogens is 300 g/mol. The normalized spacial score (nSPS) is 15.3. The molecule has 6 heteroatoms. The van der Waals surface area contributed by atoms with Gasteiger partial charge in [-0.15, -0.1) is 11.3 Å². The van der Waals surface area contributed by atoms with E-state index >= 15 is 0 Å². The van der Waals surface area contributed by atoms with Crippen molar-refractivity contribution in [2.24, 2.45) is 5.41 Å². The van der Waals surface area contributed by atoms with Gasteiger partial charge in [-0.25, -0.2) is 4.79 Å². The fourth-order valence-electron chi connectivity index (χ4n) is 2.33. The van der Waals surface area contributed by atoms with Crippen molar-refractivity contribution >= 4 is 28.2 Å². The van der Waals surface area contributed by atoms with Gasteiger partial charge in [0, 0.05) is 23.4 Å². The fourth-order valence-corrected chi connectivity index (χ4v) is 3.64. The molecule has 1 aliphatic rings. The first-order valence-electron chi connectivity index (χ1n) is 7.55. The summed E-state index contributed by atoms with van der Waals surface area (Å²) in [6.07, 6.45) is 0.807. The molecule has 122 valence electrons. The Balaban J connectivity index is 2.39. The van der Waals surface area contributed by atoms with E-state index in [-0.39, 0.29) is 11.9 Å². The highest BCUT2D eigenvalue weighted by Crippen LogP contribution is 2.38. The first-order valence-corrected chi connectivity index (χ1v) is 8.37. The standard InChI is InChI=1S/C16H24N2O3S/c1-6-21-14(19)12-10-7-8-18(5)9-11(10)22-13(12)17-15(20)16(2,3)4/h6-9H2,1-5H3,(H,17,20). The number of nitrogens with zero attached hydrogens (tertiary/aromatic N) is 1. The molecule has 1 amide bonds. The highest BCUT2D eigenvalue weighted by atomic mass is 32.1. The minimum Gasteiger partial charge on any atom is -0.462 e. The van der Waals surface area contributed by atoms with Crippen molar-refractivity contribution in [2.75, 3.05) is 25.5 Å². The molecule has 1 aromatic rings. The predicted octanol–water partition coefficient (Wildman–Crippen LogP) is 2.90. The van der Waals surface area contributed by atoms with E-state index in [9.17, 15) is 9.59 Å². The maximum absolute atomic E-state index is 12.3. The molecule has 2 rings (SSSR count). The number of fused-ring (bicyclic) bond motifs is 1. The molecule has 1 aromatic heterocycles. The van der Waals surface area contributed by atoms with E-state index in [2.05, 4.69) is 17.3 Å². The predicted molar refractivity (Wildman–Crippen MR) is 88.4 cm³/mol. The van der Waals surface area contributed by atoms with Crippen molar-refractivity contribution in [3.05, 3.63) is 16.0 Å². The van der Waals surface area contributed by atoms with Crippen molar-refractivity contribution in [3.8, 4) is 0 Å². The number of anilines is 1. The van der Waals surface area contributed by atoms with Gasteiger partial charge in [0.05, 0.1) is 12.2 Å². The van der Waals surface area contributed by atoms with Crippen LogP contribution in [-0.4, -0.2) is 37.0 Å². The molecule has 0 saturated heterocycles. The second kappa shape index (κ2) is 6.38. The summed E-state index contributed by atoms with van der Waals surface area (Å²) < 4.78 is 5.19. The molecule has 0 bridgehead atoms. The van der Waals surface area contributed by atoms with Gasteiger partial charge in [-0.05, 0) is 26.0 Å². The lowest BCUT2D eigenvalue weighted by Crippen LogP contribution is -2.28. The maximum Gasteiger partial charge on any atom is 0.341 e. The van der Waals surface area contributed by atoms with Crippen LogP contribution in [-0.2, 0) is 22.5 Å². The van der Waals surface area contributed by atoms with Gasteiger partial charge in [-0.1, -0.05) is 20.8 Å². The number of thiophene rings is 1. The molecule has 5 nitrogen and oxygen atoms in total. The number of esters is 1. The summed E-state index contributed by atoms with van der Waals surface area (Å²) in [5, 5.41) is 3.55. The smallest absolute Gasteiger partial charge is 0.341 e. The largest absolute Gasteiger partial charge is 0.462 e. The summed E-state index contributed by atoms with van der Waals surface area (Å²) >= 11 is 1.49. The lowest BCUT2D eigenvalue weighted by molar-refractivity contribution is -0.123. The number of nitrogens with one attached hydrogen (secondary N) is 1. The lowest BCUT2D eigenvalue weighted by Gasteiger charge is -2.22. The van der Waals surface area contributed by atoms with E-state index in [1.807, 2.05) is 20.8 Å². The Hall–Kier alpha value is -1.40. The summed E-state index contributed by atoms with van der Waals surface area (Å²) in [7, 11) is 2.06. The van der Waals surface area contributed by atoms with E-state index in [0.717, 1.165) is 30.0 Å². The minimum absolute atomic E-state index is 0.0926. The average molecular weight is 324 g/mol. The maximum atomic E-state index is 12.3. The van der Waals surface area contributed by atoms with Crippen LogP contribution in [0.25, 0.3) is 0 Å². The zero-order valence-corrected chi connectivity index (χ0v) is 14.7. The topological polar surface area (TPSA) is 58.6 Å². The number of ether oxygens (including phenoxy) is 1. The Labute approximate surface area is 135 Å². The summed E-state index contributed by atoms with van der Waals surface area (Å²) in [6.45, 7) is 9.39. The van der Waals surface area contributed by atoms with Crippen LogP contribution in [0.3, 0.4) is 0 Å². The molecule has 0 spiro atoms. The Morgan fingerprint density at radius 3 is 2.64 bits per heavy atom. The number of hydrogen-bond acceptors (Lipinski definition) is 5. The van der Waals surface area contributed by atoms with Crippen LogP contribution in [0.5, 0.6) is 0 Å². The molecule has 0 aromatic carbocycles. The molecule has 0 fully saturated rings. The summed E-state index contributed by atoms with van der Waals surface area (Å²) in [6, 6.07) is 0. The lowest BCUT2D eigenvalue weighted by atomic mass is 9.95. The monoisotopic (exact) mass is 324 g/mol. The van der Waals surface area contributed by atoms with E-state index in [4.69, 9.17) is 4.74 Å². The Kier molecular flexibility index (Phi) is 4.92. The molecule has 0 saturated carbocycles. The first-order chi connectivity index (χ1) is 10.2. The second-order valence-electron chi connectivity index (χ2n) is 6.62. The van der Waals surface area contributed by atoms with Crippen molar-refractivity contribution in [1.29, 1.82) is 0 Å². The van der Waals surface area contributed by atoms with Gasteiger partial charge >= 0.3 is 5.97 Å². The van der Waals surface area contributed by atoms with Gasteiger partial charge in [-0.2, -0.15) is 0 Å². The number of carbonyl (C=O) groups excluding carboxylic acids is 2. The molecule has 0 radical (unpaired) electrons. The molecule has 1 aliphatic heterocycles. The third-order valence-electron chi connectivity index (χ3n) is 3.64. The van der Waals surface area contributed by atoms with Gasteiger partial charge in [0.15, 0.2) is 0 Å². The van der Waals surface area contributed by atoms with E-state index < -0.39 is 5.41 Å². The van der Waals surface area contributed by atoms with Crippen LogP contribution >= 0.6 is 11.3 Å². The Morgan fingerprint density at radius 1 is 1.36 bits per heavy atom. The van der Waals surface area contributed by atoms with Crippen LogP contribution < -0.4 is 5.32 Å². The van der Waals surface area contributed by atoms with Gasteiger partial charge in [0.1, 0.15) is 5.00 Å². The zero-order chi connectivity index (χ0) is 16.5. The second-order valence-corrected chi connectivity index (χ2v) is 7.73. The molecule has 1 N–H and O–H groups in total. The third kappa shape index (κ3) is 3.50. The number of hydrogen-bond donors (Lipinski definition) is 1. The van der Waals surface area contributed by atoms with Crippen LogP contribution in [0.1, 0.15) is 48.5 Å². The molecule has 2 heterocycles. The number of carbonyl (C=O) groups is 2. The van der Waals surface area contributed by atoms with Crippen LogP contribution in [0.4, 0.5) is 5.00 Å². The van der Waals surface area contributed by atoms with Gasteiger partial charge < -0.3 is 15.0 Å². The molecule has 0 aliphatic carbocycles. The van der Waals surface area contributed by atoms with Crippen molar-refractivity contribution in [3.63, 3.8) is 0 Å². The Morgan fingerprint density at radius 2 is 2.05 bits per heavy atom. The SMILES string of the molecule is CCOC(=O)c1c(NC(=O)C(C)(C)C)sc2c1CCN(C)C2. The highest BCUT2D eigenvalue weighted by Gasteiger charge is 2.30. The fraction of sp³-hybridized carbons (Fsp3) is 0.625. The number of rotatable bonds is 3. The first kappa shape index (κ1) is 17.0. The summed E-state index contributed by atoms with van der Waals surface area (Å²) in [5.74, 6) is -0.432. The Bertz CT molecular complexity index is 587. The molecule has 0 atom stereocenters. The van der Waals surface area contributed by atoms with Crippen molar-refractivity contribution in [2.45, 2.75) is 40.7 Å². The van der Waals surface area contributed by atoms with Crippen molar-refractivity contribution in [1.82, 2.24) is 4.90 Å². The molecular formula is C16H24N2O3S. The summed E-state index contributed by atoms with van der Waals surface area (Å²) in [5.41, 5.74) is 1.08. The highest BCUT2D eigenvalue weighted by molar-refractivity contribution is 7.17.